The van der Waals surface area contributed by atoms with Crippen LogP contribution in [0.5, 0.6) is 0 Å². The number of H-pyrrole nitrogens is 1. The molecule has 13 heavy (non-hydrogen) atoms. The zero-order chi connectivity index (χ0) is 7.40. The molecule has 1 heterocycles. The second-order valence-electron chi connectivity index (χ2n) is 2.47. The maximum atomic E-state index is 4.16. The van der Waals surface area contributed by atoms with Crippen molar-refractivity contribution in [2.45, 2.75) is 26.2 Å². The van der Waals surface area contributed by atoms with Crippen LogP contribution in [0.15, 0.2) is 6.33 Å². The summed E-state index contributed by atoms with van der Waals surface area (Å²) in [6.45, 7) is 2.19. The summed E-state index contributed by atoms with van der Waals surface area (Å²) in [5.74, 6) is 1.14. The minimum absolute atomic E-state index is 0. The molecule has 0 unspecified atom stereocenters. The molecule has 1 N–H and O–H groups in total. The Morgan fingerprint density at radius 1 is 1.38 bits per heavy atom. The number of unbranched alkanes of at least 4 members (excludes halogenated alkanes) is 1. The fraction of sp³-hybridized carbons (Fsp3) is 0.714. The van der Waals surface area contributed by atoms with Crippen molar-refractivity contribution in [3.8, 4) is 0 Å². The van der Waals surface area contributed by atoms with E-state index in [0.29, 0.717) is 0 Å². The van der Waals surface area contributed by atoms with Gasteiger partial charge in [0.25, 0.3) is 0 Å². The summed E-state index contributed by atoms with van der Waals surface area (Å²) < 4.78 is 1.95. The predicted molar refractivity (Wildman–Crippen MR) is 55.6 cm³/mol. The van der Waals surface area contributed by atoms with Gasteiger partial charge in [0.1, 0.15) is 7.05 Å². The van der Waals surface area contributed by atoms with E-state index < -0.39 is 0 Å². The van der Waals surface area contributed by atoms with Crippen LogP contribution >= 0.6 is 0 Å². The molecule has 0 fully saturated rings. The smallest absolute Gasteiger partial charge is 0.194 e. The largest absolute Gasteiger partial charge is 0.318 e. The standard InChI is InChI=1S/C7H13N3.3Sn/c1-3-4-5-7-8-6-9-10(7)2;;;/h6H,3-5H2,1-2H3;;;/p+1. The first kappa shape index (κ1) is 20.0. The molecule has 1 aromatic rings. The Bertz CT molecular complexity index is 203. The first-order valence-corrected chi connectivity index (χ1v) is 3.73. The van der Waals surface area contributed by atoms with E-state index in [2.05, 4.69) is 17.0 Å². The number of aryl methyl sites for hydroxylation is 2. The number of aromatic nitrogens is 3. The van der Waals surface area contributed by atoms with E-state index in [0.717, 1.165) is 12.2 Å². The van der Waals surface area contributed by atoms with Crippen LogP contribution in [0.4, 0.5) is 0 Å². The molecule has 6 heteroatoms. The number of nitrogens with zero attached hydrogens (tertiary/aromatic N) is 2. The van der Waals surface area contributed by atoms with Gasteiger partial charge in [-0.05, 0) is 11.4 Å². The quantitative estimate of drug-likeness (QED) is 0.442. The molecule has 0 saturated carbocycles. The molecule has 0 atom stereocenters. The van der Waals surface area contributed by atoms with E-state index in [1.807, 2.05) is 11.7 Å². The van der Waals surface area contributed by atoms with Crippen LogP contribution in [0, 0.1) is 0 Å². The molecule has 0 spiro atoms. The van der Waals surface area contributed by atoms with Gasteiger partial charge in [0, 0.05) is 71.7 Å². The maximum absolute atomic E-state index is 4.16. The molecular weight excluding hydrogens is 482 g/mol. The van der Waals surface area contributed by atoms with Crippen molar-refractivity contribution in [2.75, 3.05) is 0 Å². The number of hydrogen-bond donors (Lipinski definition) is 1. The van der Waals surface area contributed by atoms with Gasteiger partial charge in [0.05, 0.1) is 6.42 Å². The van der Waals surface area contributed by atoms with Gasteiger partial charge in [-0.2, -0.15) is 9.78 Å². The average molecular weight is 496 g/mol. The van der Waals surface area contributed by atoms with Gasteiger partial charge in [0.2, 0.25) is 6.33 Å². The van der Waals surface area contributed by atoms with E-state index in [1.165, 1.54) is 12.8 Å². The van der Waals surface area contributed by atoms with Crippen molar-refractivity contribution in [2.24, 2.45) is 7.05 Å². The van der Waals surface area contributed by atoms with Crippen molar-refractivity contribution < 1.29 is 4.68 Å². The molecule has 0 amide bonds. The fourth-order valence-electron chi connectivity index (χ4n) is 0.918. The number of hydrogen-bond acceptors (Lipinski definition) is 1. The Labute approximate surface area is 130 Å². The first-order valence-electron chi connectivity index (χ1n) is 3.73. The van der Waals surface area contributed by atoms with Crippen LogP contribution in [-0.4, -0.2) is 81.8 Å². The third kappa shape index (κ3) is 7.46. The van der Waals surface area contributed by atoms with Gasteiger partial charge < -0.3 is 0 Å². The molecule has 0 aromatic carbocycles. The van der Waals surface area contributed by atoms with E-state index >= 15 is 0 Å². The van der Waals surface area contributed by atoms with Gasteiger partial charge in [-0.3, -0.25) is 0 Å². The van der Waals surface area contributed by atoms with E-state index in [-0.39, 0.29) is 71.7 Å². The predicted octanol–water partition coefficient (Wildman–Crippen LogP) is -0.566. The van der Waals surface area contributed by atoms with Crippen molar-refractivity contribution in [3.63, 3.8) is 0 Å². The molecule has 0 saturated heterocycles. The van der Waals surface area contributed by atoms with Crippen molar-refractivity contribution >= 4 is 71.7 Å². The Balaban J connectivity index is -0.000000333. The maximum Gasteiger partial charge on any atom is 0.318 e. The number of nitrogens with one attached hydrogen (secondary N) is 1. The average Bonchev–Trinajstić information content (AvgIpc) is 2.31. The van der Waals surface area contributed by atoms with Gasteiger partial charge in [0.15, 0.2) is 0 Å². The second kappa shape index (κ2) is 11.6. The topological polar surface area (TPSA) is 32.6 Å². The van der Waals surface area contributed by atoms with Gasteiger partial charge in [-0.25, -0.2) is 0 Å². The molecule has 68 valence electrons. The summed E-state index contributed by atoms with van der Waals surface area (Å²) in [5.41, 5.74) is 0. The van der Waals surface area contributed by atoms with Crippen LogP contribution in [0.3, 0.4) is 0 Å². The molecule has 1 aromatic heterocycles. The zero-order valence-electron chi connectivity index (χ0n) is 8.09. The SMILES string of the molecule is CCCCc1nc[nH][n+]1C.[Sn].[Sn].[Sn]. The van der Waals surface area contributed by atoms with Crippen molar-refractivity contribution in [3.05, 3.63) is 12.2 Å². The molecule has 0 bridgehead atoms. The monoisotopic (exact) mass is 500 g/mol. The van der Waals surface area contributed by atoms with Crippen LogP contribution in [0.2, 0.25) is 0 Å². The first-order chi connectivity index (χ1) is 4.84. The normalized spacial score (nSPS) is 7.85. The molecule has 0 aliphatic heterocycles. The Morgan fingerprint density at radius 2 is 2.00 bits per heavy atom. The Kier molecular flexibility index (Phi) is 17.9. The molecular formula is C7H14N3Sn3+. The van der Waals surface area contributed by atoms with Crippen LogP contribution in [0.1, 0.15) is 25.6 Å². The Morgan fingerprint density at radius 3 is 2.38 bits per heavy atom. The van der Waals surface area contributed by atoms with E-state index in [1.54, 1.807) is 6.33 Å². The third-order valence-corrected chi connectivity index (χ3v) is 1.61. The second-order valence-corrected chi connectivity index (χ2v) is 2.47. The minimum Gasteiger partial charge on any atom is -0.194 e. The minimum atomic E-state index is 0. The van der Waals surface area contributed by atoms with E-state index in [4.69, 9.17) is 0 Å². The summed E-state index contributed by atoms with van der Waals surface area (Å²) >= 11 is 0. The van der Waals surface area contributed by atoms with Gasteiger partial charge >= 0.3 is 5.82 Å². The molecule has 1 rings (SSSR count). The summed E-state index contributed by atoms with van der Waals surface area (Å²) in [5, 5.41) is 2.98. The molecule has 3 nitrogen and oxygen atoms in total. The van der Waals surface area contributed by atoms with Crippen molar-refractivity contribution in [1.82, 2.24) is 10.1 Å². The zero-order valence-corrected chi connectivity index (χ0v) is 16.7. The molecule has 0 aliphatic rings. The fourth-order valence-corrected chi connectivity index (χ4v) is 0.918. The summed E-state index contributed by atoms with van der Waals surface area (Å²) in [6, 6.07) is 0. The molecule has 12 radical (unpaired) electrons. The summed E-state index contributed by atoms with van der Waals surface area (Å²) in [7, 11) is 1.98. The summed E-state index contributed by atoms with van der Waals surface area (Å²) in [4.78, 5) is 4.16. The van der Waals surface area contributed by atoms with Gasteiger partial charge in [-0.1, -0.05) is 13.3 Å². The number of aromatic amines is 1. The summed E-state index contributed by atoms with van der Waals surface area (Å²) in [6.07, 6.45) is 5.26. The van der Waals surface area contributed by atoms with Crippen molar-refractivity contribution in [1.29, 1.82) is 0 Å². The Hall–Kier alpha value is 1.54. The number of rotatable bonds is 3. The van der Waals surface area contributed by atoms with Crippen LogP contribution in [-0.2, 0) is 13.5 Å². The van der Waals surface area contributed by atoms with E-state index in [9.17, 15) is 0 Å². The van der Waals surface area contributed by atoms with Crippen LogP contribution in [0.25, 0.3) is 0 Å². The van der Waals surface area contributed by atoms with Gasteiger partial charge in [-0.15, -0.1) is 0 Å². The molecule has 0 aliphatic carbocycles. The van der Waals surface area contributed by atoms with Crippen LogP contribution < -0.4 is 4.68 Å². The third-order valence-electron chi connectivity index (χ3n) is 1.61.